The number of carbonyl (C=O) groups excluding carboxylic acids is 2. The van der Waals surface area contributed by atoms with Crippen molar-refractivity contribution in [2.75, 3.05) is 19.7 Å². The molecule has 4 rings (SSSR count). The molecule has 0 aliphatic carbocycles. The zero-order valence-electron chi connectivity index (χ0n) is 13.8. The summed E-state index contributed by atoms with van der Waals surface area (Å²) >= 11 is 0. The van der Waals surface area contributed by atoms with E-state index in [-0.39, 0.29) is 18.4 Å². The lowest BCUT2D eigenvalue weighted by atomic mass is 10.0. The second-order valence-corrected chi connectivity index (χ2v) is 6.42. The molecule has 2 amide bonds. The topological polar surface area (TPSA) is 71.5 Å². The van der Waals surface area contributed by atoms with E-state index < -0.39 is 5.72 Å². The number of aromatic nitrogens is 1. The molecule has 1 spiro atoms. The van der Waals surface area contributed by atoms with Gasteiger partial charge in [-0.1, -0.05) is 24.3 Å². The molecule has 1 aromatic heterocycles. The Hall–Kier alpha value is -2.73. The zero-order chi connectivity index (χ0) is 17.3. The number of benzene rings is 1. The number of nitrogens with zero attached hydrogens (tertiary/aromatic N) is 2. The van der Waals surface area contributed by atoms with E-state index in [9.17, 15) is 9.59 Å². The molecule has 2 fully saturated rings. The Morgan fingerprint density at radius 2 is 2.00 bits per heavy atom. The maximum atomic E-state index is 12.4. The van der Waals surface area contributed by atoms with Gasteiger partial charge in [0.25, 0.3) is 0 Å². The summed E-state index contributed by atoms with van der Waals surface area (Å²) < 4.78 is 5.57. The fourth-order valence-electron chi connectivity index (χ4n) is 3.32. The van der Waals surface area contributed by atoms with Crippen molar-refractivity contribution in [2.45, 2.75) is 18.6 Å². The van der Waals surface area contributed by atoms with Gasteiger partial charge in [0.1, 0.15) is 12.3 Å². The lowest BCUT2D eigenvalue weighted by molar-refractivity contribution is -0.131. The van der Waals surface area contributed by atoms with E-state index in [0.29, 0.717) is 25.9 Å². The molecule has 0 saturated carbocycles. The quantitative estimate of drug-likeness (QED) is 0.847. The average molecular weight is 337 g/mol. The molecule has 6 heteroatoms. The van der Waals surface area contributed by atoms with Crippen LogP contribution in [0.15, 0.2) is 42.5 Å². The van der Waals surface area contributed by atoms with E-state index >= 15 is 0 Å². The number of amides is 2. The summed E-state index contributed by atoms with van der Waals surface area (Å²) in [5.74, 6) is -0.129. The highest BCUT2D eigenvalue weighted by Crippen LogP contribution is 2.27. The van der Waals surface area contributed by atoms with Crippen LogP contribution in [-0.4, -0.2) is 47.1 Å². The Morgan fingerprint density at radius 3 is 2.76 bits per heavy atom. The Bertz CT molecular complexity index is 854. The fourth-order valence-corrected chi connectivity index (χ4v) is 3.32. The van der Waals surface area contributed by atoms with Crippen LogP contribution in [0.5, 0.6) is 0 Å². The molecule has 25 heavy (non-hydrogen) atoms. The van der Waals surface area contributed by atoms with E-state index in [4.69, 9.17) is 4.74 Å². The molecular formula is C19H19N3O3. The normalized spacial score (nSPS) is 19.7. The number of para-hydroxylation sites is 1. The maximum Gasteiger partial charge on any atom is 0.248 e. The molecule has 3 heterocycles. The number of ether oxygens (including phenoxy) is 1. The summed E-state index contributed by atoms with van der Waals surface area (Å²) in [6.07, 6.45) is 4.54. The summed E-state index contributed by atoms with van der Waals surface area (Å²) in [5.41, 5.74) is 1.09. The highest BCUT2D eigenvalue weighted by atomic mass is 16.5. The number of hydrogen-bond acceptors (Lipinski definition) is 4. The Kier molecular flexibility index (Phi) is 3.97. The molecule has 0 unspecified atom stereocenters. The first-order valence-electron chi connectivity index (χ1n) is 8.41. The van der Waals surface area contributed by atoms with Crippen LogP contribution in [0.4, 0.5) is 0 Å². The van der Waals surface area contributed by atoms with Crippen molar-refractivity contribution >= 4 is 28.8 Å². The third-order valence-electron chi connectivity index (χ3n) is 4.75. The standard InChI is InChI=1S/C19H19N3O3/c23-17-13-25-19(21-17)9-11-22(12-10-19)18(24)8-7-15-6-5-14-3-1-2-4-16(14)20-15/h1-8H,9-13H2,(H,21,23)/b8-7+. The third-order valence-corrected chi connectivity index (χ3v) is 4.75. The van der Waals surface area contributed by atoms with Gasteiger partial charge in [0.15, 0.2) is 0 Å². The van der Waals surface area contributed by atoms with Crippen LogP contribution in [0.25, 0.3) is 17.0 Å². The van der Waals surface area contributed by atoms with Crippen molar-refractivity contribution in [1.82, 2.24) is 15.2 Å². The van der Waals surface area contributed by atoms with Crippen molar-refractivity contribution in [1.29, 1.82) is 0 Å². The smallest absolute Gasteiger partial charge is 0.248 e. The number of piperidine rings is 1. The summed E-state index contributed by atoms with van der Waals surface area (Å²) in [6, 6.07) is 11.8. The van der Waals surface area contributed by atoms with Gasteiger partial charge in [-0.15, -0.1) is 0 Å². The van der Waals surface area contributed by atoms with Gasteiger partial charge in [-0.05, 0) is 18.2 Å². The summed E-state index contributed by atoms with van der Waals surface area (Å²) in [7, 11) is 0. The molecule has 2 aromatic rings. The van der Waals surface area contributed by atoms with Gasteiger partial charge in [0, 0.05) is 37.4 Å². The van der Waals surface area contributed by atoms with Crippen molar-refractivity contribution in [3.05, 3.63) is 48.2 Å². The summed E-state index contributed by atoms with van der Waals surface area (Å²) in [5, 5.41) is 3.95. The lowest BCUT2D eigenvalue weighted by Gasteiger charge is -2.37. The number of pyridine rings is 1. The molecule has 6 nitrogen and oxygen atoms in total. The van der Waals surface area contributed by atoms with Gasteiger partial charge in [-0.2, -0.15) is 0 Å². The minimum atomic E-state index is -0.572. The highest BCUT2D eigenvalue weighted by Gasteiger charge is 2.42. The number of rotatable bonds is 2. The molecule has 0 radical (unpaired) electrons. The van der Waals surface area contributed by atoms with Gasteiger partial charge in [-0.3, -0.25) is 9.59 Å². The van der Waals surface area contributed by atoms with Crippen molar-refractivity contribution in [3.63, 3.8) is 0 Å². The van der Waals surface area contributed by atoms with Crippen molar-refractivity contribution < 1.29 is 14.3 Å². The average Bonchev–Trinajstić information content (AvgIpc) is 3.00. The van der Waals surface area contributed by atoms with Crippen LogP contribution in [0, 0.1) is 0 Å². The SMILES string of the molecule is O=C1COC2(CCN(C(=O)/C=C/c3ccc4ccccc4n3)CC2)N1. The Morgan fingerprint density at radius 1 is 1.20 bits per heavy atom. The molecule has 2 aliphatic rings. The maximum absolute atomic E-state index is 12.4. The molecular weight excluding hydrogens is 318 g/mol. The van der Waals surface area contributed by atoms with E-state index in [1.165, 1.54) is 0 Å². The molecule has 1 aromatic carbocycles. The zero-order valence-corrected chi connectivity index (χ0v) is 13.8. The van der Waals surface area contributed by atoms with Crippen LogP contribution in [0.2, 0.25) is 0 Å². The fraction of sp³-hybridized carbons (Fsp3) is 0.316. The van der Waals surface area contributed by atoms with E-state index in [1.54, 1.807) is 17.1 Å². The minimum absolute atomic E-state index is 0.0471. The first kappa shape index (κ1) is 15.8. The number of carbonyl (C=O) groups is 2. The van der Waals surface area contributed by atoms with E-state index in [0.717, 1.165) is 16.6 Å². The number of fused-ring (bicyclic) bond motifs is 1. The second-order valence-electron chi connectivity index (χ2n) is 6.42. The monoisotopic (exact) mass is 337 g/mol. The first-order valence-corrected chi connectivity index (χ1v) is 8.41. The molecule has 1 N–H and O–H groups in total. The van der Waals surface area contributed by atoms with Gasteiger partial charge in [0.05, 0.1) is 11.2 Å². The summed E-state index contributed by atoms with van der Waals surface area (Å²) in [6.45, 7) is 1.24. The van der Waals surface area contributed by atoms with Crippen LogP contribution in [0.3, 0.4) is 0 Å². The Labute approximate surface area is 145 Å². The number of hydrogen-bond donors (Lipinski definition) is 1. The van der Waals surface area contributed by atoms with Crippen LogP contribution in [-0.2, 0) is 14.3 Å². The van der Waals surface area contributed by atoms with Crippen molar-refractivity contribution in [3.8, 4) is 0 Å². The van der Waals surface area contributed by atoms with E-state index in [1.807, 2.05) is 36.4 Å². The number of likely N-dealkylation sites (tertiary alicyclic amines) is 1. The lowest BCUT2D eigenvalue weighted by Crippen LogP contribution is -2.52. The second kappa shape index (κ2) is 6.29. The molecule has 2 saturated heterocycles. The van der Waals surface area contributed by atoms with Gasteiger partial charge in [-0.25, -0.2) is 4.98 Å². The first-order chi connectivity index (χ1) is 12.1. The van der Waals surface area contributed by atoms with Crippen LogP contribution < -0.4 is 5.32 Å². The number of nitrogens with one attached hydrogen (secondary N) is 1. The largest absolute Gasteiger partial charge is 0.346 e. The Balaban J connectivity index is 1.40. The van der Waals surface area contributed by atoms with Gasteiger partial charge < -0.3 is 15.0 Å². The predicted octanol–water partition coefficient (Wildman–Crippen LogP) is 1.71. The predicted molar refractivity (Wildman–Crippen MR) is 93.4 cm³/mol. The minimum Gasteiger partial charge on any atom is -0.346 e. The van der Waals surface area contributed by atoms with Crippen LogP contribution in [0.1, 0.15) is 18.5 Å². The molecule has 0 atom stereocenters. The van der Waals surface area contributed by atoms with Gasteiger partial charge in [0.2, 0.25) is 11.8 Å². The highest BCUT2D eigenvalue weighted by molar-refractivity contribution is 5.92. The molecule has 128 valence electrons. The van der Waals surface area contributed by atoms with Crippen molar-refractivity contribution in [2.24, 2.45) is 0 Å². The molecule has 0 bridgehead atoms. The third kappa shape index (κ3) is 3.25. The van der Waals surface area contributed by atoms with Crippen LogP contribution >= 0.6 is 0 Å². The molecule has 2 aliphatic heterocycles. The van der Waals surface area contributed by atoms with E-state index in [2.05, 4.69) is 10.3 Å². The summed E-state index contributed by atoms with van der Waals surface area (Å²) in [4.78, 5) is 30.0. The van der Waals surface area contributed by atoms with Gasteiger partial charge >= 0.3 is 0 Å².